The third kappa shape index (κ3) is 7.62. The van der Waals surface area contributed by atoms with Gasteiger partial charge in [0.15, 0.2) is 0 Å². The molecule has 12 heteroatoms. The Morgan fingerprint density at radius 2 is 1.67 bits per heavy atom. The molecule has 2 heterocycles. The lowest BCUT2D eigenvalue weighted by Gasteiger charge is -2.32. The SMILES string of the molecule is CN1CCN(CC(=O)N(C)c2ccc(NC(=C3C(=O)Nc4cc(Cl)ccc43)c3ccc(CNS(C)(=O)=O)cc3)cc2)CC1. The van der Waals surface area contributed by atoms with E-state index in [-0.39, 0.29) is 18.4 Å². The van der Waals surface area contributed by atoms with Gasteiger partial charge in [0, 0.05) is 61.7 Å². The second-order valence-corrected chi connectivity index (χ2v) is 13.2. The van der Waals surface area contributed by atoms with E-state index < -0.39 is 10.0 Å². The minimum Gasteiger partial charge on any atom is -0.354 e. The van der Waals surface area contributed by atoms with Crippen LogP contribution in [0, 0.1) is 0 Å². The number of hydrogen-bond acceptors (Lipinski definition) is 7. The van der Waals surface area contributed by atoms with Crippen LogP contribution < -0.4 is 20.3 Å². The van der Waals surface area contributed by atoms with Crippen LogP contribution in [0.3, 0.4) is 0 Å². The molecule has 0 atom stereocenters. The molecule has 0 bridgehead atoms. The first-order valence-corrected chi connectivity index (χ1v) is 16.2. The zero-order valence-corrected chi connectivity index (χ0v) is 25.9. The molecule has 0 saturated carbocycles. The van der Waals surface area contributed by atoms with E-state index >= 15 is 0 Å². The van der Waals surface area contributed by atoms with E-state index in [0.717, 1.165) is 54.9 Å². The Kier molecular flexibility index (Phi) is 9.19. The summed E-state index contributed by atoms with van der Waals surface area (Å²) in [4.78, 5) is 32.3. The molecule has 0 aliphatic carbocycles. The molecule has 10 nitrogen and oxygen atoms in total. The van der Waals surface area contributed by atoms with E-state index in [9.17, 15) is 18.0 Å². The van der Waals surface area contributed by atoms with Gasteiger partial charge in [-0.15, -0.1) is 0 Å². The lowest BCUT2D eigenvalue weighted by atomic mass is 9.99. The van der Waals surface area contributed by atoms with Gasteiger partial charge in [-0.1, -0.05) is 41.9 Å². The van der Waals surface area contributed by atoms with Crippen molar-refractivity contribution in [3.63, 3.8) is 0 Å². The summed E-state index contributed by atoms with van der Waals surface area (Å²) in [5.74, 6) is -0.246. The van der Waals surface area contributed by atoms with Gasteiger partial charge in [-0.2, -0.15) is 0 Å². The Morgan fingerprint density at radius 3 is 2.33 bits per heavy atom. The number of hydrogen-bond donors (Lipinski definition) is 3. The maximum absolute atomic E-state index is 13.2. The quantitative estimate of drug-likeness (QED) is 0.313. The summed E-state index contributed by atoms with van der Waals surface area (Å²) in [7, 11) is 0.529. The van der Waals surface area contributed by atoms with Crippen LogP contribution in [0.15, 0.2) is 66.7 Å². The van der Waals surface area contributed by atoms with Gasteiger partial charge in [0.1, 0.15) is 0 Å². The van der Waals surface area contributed by atoms with Crippen molar-refractivity contribution in [2.24, 2.45) is 0 Å². The number of rotatable bonds is 9. The lowest BCUT2D eigenvalue weighted by molar-refractivity contribution is -0.119. The second kappa shape index (κ2) is 12.9. The number of fused-ring (bicyclic) bond motifs is 1. The first kappa shape index (κ1) is 30.7. The van der Waals surface area contributed by atoms with Crippen LogP contribution in [-0.2, 0) is 26.2 Å². The fourth-order valence-electron chi connectivity index (χ4n) is 5.04. The summed E-state index contributed by atoms with van der Waals surface area (Å²) in [5.41, 5.74) is 5.37. The van der Waals surface area contributed by atoms with Crippen LogP contribution >= 0.6 is 11.6 Å². The average Bonchev–Trinajstić information content (AvgIpc) is 3.30. The predicted molar refractivity (Wildman–Crippen MR) is 172 cm³/mol. The number of carbonyl (C=O) groups is 2. The third-order valence-corrected chi connectivity index (χ3v) is 8.51. The molecule has 5 rings (SSSR count). The molecule has 0 radical (unpaired) electrons. The van der Waals surface area contributed by atoms with E-state index in [1.807, 2.05) is 48.5 Å². The van der Waals surface area contributed by atoms with E-state index in [4.69, 9.17) is 11.6 Å². The standard InChI is InChI=1S/C31H35ClN6O4S/c1-36-14-16-38(17-15-36)20-28(39)37(2)25-11-9-24(10-12-25)34-30(22-6-4-21(5-7-22)19-33-43(3,41)42)29-26-13-8-23(32)18-27(26)35-31(29)40/h4-13,18,33-34H,14-17,19-20H2,1-3H3,(H,35,40). The number of nitrogens with zero attached hydrogens (tertiary/aromatic N) is 3. The molecule has 3 aromatic carbocycles. The molecule has 1 saturated heterocycles. The maximum Gasteiger partial charge on any atom is 0.258 e. The van der Waals surface area contributed by atoms with Crippen LogP contribution in [0.25, 0.3) is 11.3 Å². The lowest BCUT2D eigenvalue weighted by Crippen LogP contribution is -2.48. The van der Waals surface area contributed by atoms with Gasteiger partial charge in [-0.25, -0.2) is 13.1 Å². The average molecular weight is 623 g/mol. The zero-order valence-electron chi connectivity index (χ0n) is 24.4. The summed E-state index contributed by atoms with van der Waals surface area (Å²) in [6.07, 6.45) is 1.11. The van der Waals surface area contributed by atoms with Crippen LogP contribution in [0.4, 0.5) is 17.1 Å². The molecule has 0 unspecified atom stereocenters. The Balaban J connectivity index is 1.40. The van der Waals surface area contributed by atoms with E-state index in [0.29, 0.717) is 34.1 Å². The van der Waals surface area contributed by atoms with Crippen LogP contribution in [0.2, 0.25) is 5.02 Å². The zero-order chi connectivity index (χ0) is 30.7. The van der Waals surface area contributed by atoms with Gasteiger partial charge in [0.05, 0.1) is 29.8 Å². The maximum atomic E-state index is 13.2. The van der Waals surface area contributed by atoms with Gasteiger partial charge >= 0.3 is 0 Å². The van der Waals surface area contributed by atoms with Gasteiger partial charge in [0.25, 0.3) is 5.91 Å². The number of piperazine rings is 1. The Bertz CT molecular complexity index is 1650. The molecule has 1 fully saturated rings. The molecule has 43 heavy (non-hydrogen) atoms. The number of amides is 2. The van der Waals surface area contributed by atoms with E-state index in [1.54, 1.807) is 30.1 Å². The molecule has 0 spiro atoms. The molecular weight excluding hydrogens is 588 g/mol. The van der Waals surface area contributed by atoms with Crippen LogP contribution in [0.1, 0.15) is 16.7 Å². The monoisotopic (exact) mass is 622 g/mol. The topological polar surface area (TPSA) is 114 Å². The van der Waals surface area contributed by atoms with Crippen LogP contribution in [0.5, 0.6) is 0 Å². The van der Waals surface area contributed by atoms with Crippen molar-refractivity contribution in [1.82, 2.24) is 14.5 Å². The highest BCUT2D eigenvalue weighted by atomic mass is 35.5. The summed E-state index contributed by atoms with van der Waals surface area (Å²) in [6, 6.07) is 20.1. The smallest absolute Gasteiger partial charge is 0.258 e. The predicted octanol–water partition coefficient (Wildman–Crippen LogP) is 3.53. The molecule has 3 N–H and O–H groups in total. The van der Waals surface area contributed by atoms with Crippen molar-refractivity contribution < 1.29 is 18.0 Å². The van der Waals surface area contributed by atoms with E-state index in [1.165, 1.54) is 0 Å². The van der Waals surface area contributed by atoms with Crippen molar-refractivity contribution in [2.75, 3.05) is 68.6 Å². The Morgan fingerprint density at radius 1 is 1.00 bits per heavy atom. The molecule has 2 amide bonds. The number of carbonyl (C=O) groups excluding carboxylic acids is 2. The number of halogens is 1. The number of likely N-dealkylation sites (N-methyl/N-ethyl adjacent to an activating group) is 2. The summed E-state index contributed by atoms with van der Waals surface area (Å²) >= 11 is 6.18. The largest absolute Gasteiger partial charge is 0.354 e. The second-order valence-electron chi connectivity index (χ2n) is 10.9. The van der Waals surface area contributed by atoms with Crippen LogP contribution in [-0.4, -0.2) is 83.1 Å². The molecule has 226 valence electrons. The number of sulfonamides is 1. The first-order chi connectivity index (χ1) is 20.5. The number of anilines is 3. The summed E-state index contributed by atoms with van der Waals surface area (Å²) in [5, 5.41) is 6.83. The van der Waals surface area contributed by atoms with Gasteiger partial charge in [0.2, 0.25) is 15.9 Å². The molecular formula is C31H35ClN6O4S. The normalized spacial score (nSPS) is 16.9. The third-order valence-electron chi connectivity index (χ3n) is 7.61. The number of nitrogens with one attached hydrogen (secondary N) is 3. The summed E-state index contributed by atoms with van der Waals surface area (Å²) in [6.45, 7) is 4.16. The molecule has 0 aromatic heterocycles. The highest BCUT2D eigenvalue weighted by Crippen LogP contribution is 2.39. The number of benzene rings is 3. The first-order valence-electron chi connectivity index (χ1n) is 13.9. The minimum atomic E-state index is -3.34. The van der Waals surface area contributed by atoms with Gasteiger partial charge in [-0.05, 0) is 54.6 Å². The molecule has 2 aliphatic heterocycles. The van der Waals surface area contributed by atoms with Crippen molar-refractivity contribution in [3.05, 3.63) is 88.4 Å². The van der Waals surface area contributed by atoms with Crippen molar-refractivity contribution >= 4 is 61.8 Å². The fraction of sp³-hybridized carbons (Fsp3) is 0.290. The van der Waals surface area contributed by atoms with Crippen molar-refractivity contribution in [2.45, 2.75) is 6.54 Å². The highest BCUT2D eigenvalue weighted by Gasteiger charge is 2.29. The minimum absolute atomic E-state index is 0.0245. The molecule has 3 aromatic rings. The molecule has 2 aliphatic rings. The highest BCUT2D eigenvalue weighted by molar-refractivity contribution is 7.88. The van der Waals surface area contributed by atoms with Crippen molar-refractivity contribution in [1.29, 1.82) is 0 Å². The fourth-order valence-corrected chi connectivity index (χ4v) is 5.64. The van der Waals surface area contributed by atoms with Gasteiger partial charge < -0.3 is 20.4 Å². The van der Waals surface area contributed by atoms with E-state index in [2.05, 4.69) is 32.2 Å². The Labute approximate surface area is 257 Å². The Hall–Kier alpha value is -3.74. The van der Waals surface area contributed by atoms with Gasteiger partial charge in [-0.3, -0.25) is 14.5 Å². The summed E-state index contributed by atoms with van der Waals surface area (Å²) < 4.78 is 25.5. The van der Waals surface area contributed by atoms with Crippen molar-refractivity contribution in [3.8, 4) is 0 Å².